The van der Waals surface area contributed by atoms with Crippen molar-refractivity contribution in [1.82, 2.24) is 19.9 Å². The van der Waals surface area contributed by atoms with Crippen molar-refractivity contribution in [2.45, 2.75) is 12.5 Å². The Bertz CT molecular complexity index is 3120. The molecule has 3 aromatic heterocycles. The third kappa shape index (κ3) is 8.23. The molecule has 2 aliphatic heterocycles. The quantitative estimate of drug-likeness (QED) is 0.0883. The minimum atomic E-state index is -0.747. The van der Waals surface area contributed by atoms with Gasteiger partial charge in [0.2, 0.25) is 0 Å². The molecule has 10 rings (SSSR count). The Morgan fingerprint density at radius 1 is 0.460 bits per heavy atom. The molecule has 0 aliphatic carbocycles. The molecule has 0 saturated heterocycles. The van der Waals surface area contributed by atoms with E-state index in [4.69, 9.17) is 25.2 Å². The maximum absolute atomic E-state index is 12.6. The Balaban J connectivity index is 1.10. The van der Waals surface area contributed by atoms with Gasteiger partial charge in [0, 0.05) is 44.3 Å². The van der Waals surface area contributed by atoms with E-state index in [2.05, 4.69) is 131 Å². The number of carbonyl (C=O) groups is 1. The van der Waals surface area contributed by atoms with Crippen LogP contribution in [0, 0.1) is 0 Å². The van der Waals surface area contributed by atoms with Gasteiger partial charge in [-0.25, -0.2) is 9.97 Å². The van der Waals surface area contributed by atoms with Gasteiger partial charge in [-0.1, -0.05) is 133 Å². The molecule has 2 aliphatic rings. The Morgan fingerprint density at radius 3 is 1.22 bits per heavy atom. The normalized spacial score (nSPS) is 12.3. The molecule has 0 spiro atoms. The third-order valence-electron chi connectivity index (χ3n) is 11.3. The van der Waals surface area contributed by atoms with Crippen LogP contribution >= 0.6 is 0 Å². The van der Waals surface area contributed by atoms with Crippen LogP contribution in [0.25, 0.3) is 90.9 Å². The molecule has 0 radical (unpaired) electrons. The highest BCUT2D eigenvalue weighted by atomic mass is 16.6. The van der Waals surface area contributed by atoms with Gasteiger partial charge < -0.3 is 25.2 Å². The summed E-state index contributed by atoms with van der Waals surface area (Å²) in [5.74, 6) is 0.190. The highest BCUT2D eigenvalue weighted by Crippen LogP contribution is 2.38. The van der Waals surface area contributed by atoms with Crippen LogP contribution in [0.2, 0.25) is 0 Å². The molecule has 0 amide bonds. The van der Waals surface area contributed by atoms with E-state index >= 15 is 0 Å². The number of rotatable bonds is 11. The van der Waals surface area contributed by atoms with E-state index in [0.717, 1.165) is 94.9 Å². The summed E-state index contributed by atoms with van der Waals surface area (Å²) >= 11 is 0. The van der Waals surface area contributed by atoms with Crippen molar-refractivity contribution in [3.63, 3.8) is 0 Å². The van der Waals surface area contributed by atoms with Crippen molar-refractivity contribution in [1.29, 1.82) is 0 Å². The van der Waals surface area contributed by atoms with E-state index in [1.807, 2.05) is 72.8 Å². The first-order valence-electron chi connectivity index (χ1n) is 21.1. The summed E-state index contributed by atoms with van der Waals surface area (Å²) in [5, 5.41) is 0. The monoisotopic (exact) mass is 821 g/mol. The zero-order valence-electron chi connectivity index (χ0n) is 34.4. The molecule has 0 unspecified atom stereocenters. The van der Waals surface area contributed by atoms with Crippen molar-refractivity contribution in [3.8, 4) is 50.3 Å². The lowest BCUT2D eigenvalue weighted by Gasteiger charge is -2.12. The number of carbonyl (C=O) groups excluding carboxylic acids is 1. The smallest absolute Gasteiger partial charge is 0.323 e. The van der Waals surface area contributed by atoms with Crippen LogP contribution in [0.15, 0.2) is 170 Å². The summed E-state index contributed by atoms with van der Waals surface area (Å²) < 4.78 is 11.5. The fourth-order valence-electron chi connectivity index (χ4n) is 8.31. The van der Waals surface area contributed by atoms with E-state index in [0.29, 0.717) is 12.2 Å². The summed E-state index contributed by atoms with van der Waals surface area (Å²) in [6.07, 6.45) is 8.82. The molecule has 0 saturated carbocycles. The van der Waals surface area contributed by atoms with Gasteiger partial charge in [0.05, 0.1) is 22.8 Å². The summed E-state index contributed by atoms with van der Waals surface area (Å²) in [6.45, 7) is 0.270. The number of nitrogens with zero attached hydrogens (tertiary/aromatic N) is 2. The fourth-order valence-corrected chi connectivity index (χ4v) is 8.31. The van der Waals surface area contributed by atoms with E-state index < -0.39 is 12.0 Å². The summed E-state index contributed by atoms with van der Waals surface area (Å²) in [6, 6.07) is 56.6. The van der Waals surface area contributed by atoms with Crippen LogP contribution in [0.3, 0.4) is 0 Å². The first-order chi connectivity index (χ1) is 31.1. The minimum absolute atomic E-state index is 0.0834. The number of benzene rings is 5. The lowest BCUT2D eigenvalue weighted by atomic mass is 10.0. The molecule has 8 heteroatoms. The van der Waals surface area contributed by atoms with E-state index in [1.165, 1.54) is 0 Å². The second kappa shape index (κ2) is 17.5. The molecule has 1 atom stereocenters. The Morgan fingerprint density at radius 2 is 0.825 bits per heavy atom. The van der Waals surface area contributed by atoms with Crippen LogP contribution in [-0.4, -0.2) is 45.2 Å². The average molecular weight is 822 g/mol. The Labute approximate surface area is 365 Å². The summed E-state index contributed by atoms with van der Waals surface area (Å²) in [5.41, 5.74) is 22.2. The second-order valence-corrected chi connectivity index (χ2v) is 15.4. The third-order valence-corrected chi connectivity index (χ3v) is 11.3. The number of aromatic amines is 2. The van der Waals surface area contributed by atoms with Crippen molar-refractivity contribution >= 4 is 52.3 Å². The number of ether oxygens (including phenoxy) is 2. The van der Waals surface area contributed by atoms with Crippen LogP contribution in [0.1, 0.15) is 28.3 Å². The van der Waals surface area contributed by atoms with Gasteiger partial charge in [-0.15, -0.1) is 0 Å². The fraction of sp³-hybridized carbons (Fsp3) is 0.0727. The average Bonchev–Trinajstić information content (AvgIpc) is 4.18. The highest BCUT2D eigenvalue weighted by molar-refractivity contribution is 5.99. The van der Waals surface area contributed by atoms with Gasteiger partial charge in [-0.05, 0) is 94.9 Å². The van der Waals surface area contributed by atoms with Gasteiger partial charge in [-0.2, -0.15) is 0 Å². The van der Waals surface area contributed by atoms with Gasteiger partial charge in [-0.3, -0.25) is 4.79 Å². The molecule has 5 heterocycles. The van der Waals surface area contributed by atoms with E-state index in [9.17, 15) is 4.79 Å². The number of aromatic nitrogens is 4. The number of hydrogen-bond donors (Lipinski definition) is 3. The number of H-pyrrole nitrogens is 2. The zero-order valence-corrected chi connectivity index (χ0v) is 34.4. The van der Waals surface area contributed by atoms with Gasteiger partial charge in [0.25, 0.3) is 0 Å². The Kier molecular flexibility index (Phi) is 10.9. The Hall–Kier alpha value is -8.07. The van der Waals surface area contributed by atoms with Gasteiger partial charge in [0.1, 0.15) is 25.0 Å². The lowest BCUT2D eigenvalue weighted by Crippen LogP contribution is -2.35. The highest BCUT2D eigenvalue weighted by Gasteiger charge is 2.20. The number of esters is 1. The summed E-state index contributed by atoms with van der Waals surface area (Å²) in [4.78, 5) is 31.0. The van der Waals surface area contributed by atoms with Crippen molar-refractivity contribution in [2.24, 2.45) is 5.73 Å². The number of hydrogen-bond acceptors (Lipinski definition) is 6. The predicted octanol–water partition coefficient (Wildman–Crippen LogP) is 11.8. The molecule has 8 aromatic rings. The molecule has 306 valence electrons. The van der Waals surface area contributed by atoms with Crippen LogP contribution < -0.4 is 10.5 Å². The van der Waals surface area contributed by atoms with Crippen LogP contribution in [-0.2, 0) is 16.0 Å². The van der Waals surface area contributed by atoms with E-state index in [1.54, 1.807) is 0 Å². The van der Waals surface area contributed by atoms with Crippen LogP contribution in [0.4, 0.5) is 0 Å². The largest absolute Gasteiger partial charge is 0.490 e. The second-order valence-electron chi connectivity index (χ2n) is 15.4. The molecular weight excluding hydrogens is 779 g/mol. The number of nitrogens with two attached hydrogens (primary N) is 1. The predicted molar refractivity (Wildman–Crippen MR) is 255 cm³/mol. The van der Waals surface area contributed by atoms with Crippen molar-refractivity contribution < 1.29 is 14.3 Å². The lowest BCUT2D eigenvalue weighted by molar-refractivity contribution is -0.145. The molecule has 63 heavy (non-hydrogen) atoms. The standard InChI is InChI=1S/C55H43N5O3/c56-42(35-36-13-5-1-6-14-36)55(61)63-34-33-62-41-23-21-40(22-24-41)54-49-31-29-47(59-49)52(38-17-9-3-10-18-38)45-27-25-43(57-45)51(37-15-7-2-8-16-37)44-26-28-46(58-44)53(39-19-11-4-12-20-39)48-30-32-50(54)60-48/h1-32,42,57,60H,33-35,56H2/t42-/m0/s1. The zero-order chi connectivity index (χ0) is 42.5. The SMILES string of the molecule is N[C@@H](Cc1ccccc1)C(=O)OCCOc1ccc(-c2c3nc(c(-c4ccccc4)c4ccc([nH]4)c(-c4ccccc4)c4nc(c(-c5ccccc5)c5ccc2[nH]5)C=C4)C=C3)cc1. The molecule has 8 bridgehead atoms. The molecule has 4 N–H and O–H groups in total. The number of fused-ring (bicyclic) bond motifs is 8. The molecule has 5 aromatic carbocycles. The number of nitrogens with one attached hydrogen (secondary N) is 2. The van der Waals surface area contributed by atoms with Crippen LogP contribution in [0.5, 0.6) is 5.75 Å². The topological polar surface area (TPSA) is 119 Å². The molecular formula is C55H43N5O3. The van der Waals surface area contributed by atoms with Gasteiger partial charge >= 0.3 is 5.97 Å². The minimum Gasteiger partial charge on any atom is -0.490 e. The first-order valence-corrected chi connectivity index (χ1v) is 21.1. The van der Waals surface area contributed by atoms with Crippen molar-refractivity contribution in [3.05, 3.63) is 198 Å². The van der Waals surface area contributed by atoms with E-state index in [-0.39, 0.29) is 13.2 Å². The molecule has 0 fully saturated rings. The van der Waals surface area contributed by atoms with Gasteiger partial charge in [0.15, 0.2) is 0 Å². The first kappa shape index (κ1) is 39.1. The maximum Gasteiger partial charge on any atom is 0.323 e. The molecule has 8 nitrogen and oxygen atoms in total. The summed E-state index contributed by atoms with van der Waals surface area (Å²) in [7, 11) is 0. The van der Waals surface area contributed by atoms with Crippen molar-refractivity contribution in [2.75, 3.05) is 13.2 Å². The maximum atomic E-state index is 12.6.